The average molecular weight is 524 g/mol. The van der Waals surface area contributed by atoms with Crippen molar-refractivity contribution < 1.29 is 19.0 Å². The normalized spacial score (nSPS) is 15.1. The summed E-state index contributed by atoms with van der Waals surface area (Å²) >= 11 is 7.59. The van der Waals surface area contributed by atoms with Crippen molar-refractivity contribution in [2.24, 2.45) is 4.99 Å². The molecular formula is C26H22ClN3O5S. The van der Waals surface area contributed by atoms with Crippen LogP contribution in [0.15, 0.2) is 63.5 Å². The molecular weight excluding hydrogens is 502 g/mol. The summed E-state index contributed by atoms with van der Waals surface area (Å²) < 4.78 is 17.8. The fraction of sp³-hybridized carbons (Fsp3) is 0.231. The number of hydrogen-bond acceptors (Lipinski definition) is 8. The zero-order chi connectivity index (χ0) is 25.8. The van der Waals surface area contributed by atoms with Gasteiger partial charge in [0, 0.05) is 0 Å². The second kappa shape index (κ2) is 10.8. The highest BCUT2D eigenvalue weighted by Gasteiger charge is 2.33. The Labute approximate surface area is 215 Å². The number of esters is 1. The smallest absolute Gasteiger partial charge is 0.338 e. The van der Waals surface area contributed by atoms with Gasteiger partial charge in [0.05, 0.1) is 41.1 Å². The van der Waals surface area contributed by atoms with Crippen LogP contribution >= 0.6 is 22.9 Å². The number of fused-ring (bicyclic) bond motifs is 1. The van der Waals surface area contributed by atoms with E-state index in [1.165, 1.54) is 30.1 Å². The summed E-state index contributed by atoms with van der Waals surface area (Å²) in [7, 11) is 2.78. The first kappa shape index (κ1) is 25.2. The van der Waals surface area contributed by atoms with Crippen molar-refractivity contribution in [1.82, 2.24) is 4.57 Å². The van der Waals surface area contributed by atoms with Crippen molar-refractivity contribution in [2.75, 3.05) is 20.8 Å². The van der Waals surface area contributed by atoms with Gasteiger partial charge in [-0.3, -0.25) is 9.36 Å². The highest BCUT2D eigenvalue weighted by atomic mass is 35.5. The molecule has 184 valence electrons. The van der Waals surface area contributed by atoms with E-state index in [1.54, 1.807) is 18.2 Å². The maximum absolute atomic E-state index is 13.7. The van der Waals surface area contributed by atoms with Crippen molar-refractivity contribution in [2.45, 2.75) is 19.4 Å². The Bertz CT molecular complexity index is 1570. The highest BCUT2D eigenvalue weighted by molar-refractivity contribution is 7.07. The van der Waals surface area contributed by atoms with E-state index in [9.17, 15) is 9.59 Å². The summed E-state index contributed by atoms with van der Waals surface area (Å²) in [6, 6.07) is 13.8. The number of hydrogen-bond donors (Lipinski definition) is 0. The largest absolute Gasteiger partial charge is 0.493 e. The molecule has 1 aliphatic heterocycles. The Balaban J connectivity index is 1.93. The van der Waals surface area contributed by atoms with Crippen LogP contribution in [0.25, 0.3) is 6.08 Å². The van der Waals surface area contributed by atoms with E-state index < -0.39 is 12.0 Å². The van der Waals surface area contributed by atoms with Crippen LogP contribution in [0.3, 0.4) is 0 Å². The van der Waals surface area contributed by atoms with Crippen molar-refractivity contribution >= 4 is 35.0 Å². The van der Waals surface area contributed by atoms with E-state index in [1.807, 2.05) is 43.3 Å². The van der Waals surface area contributed by atoms with Crippen LogP contribution in [-0.2, 0) is 9.53 Å². The molecule has 0 spiro atoms. The van der Waals surface area contributed by atoms with Gasteiger partial charge in [0.1, 0.15) is 6.07 Å². The number of nitriles is 1. The number of aromatic nitrogens is 1. The molecule has 3 aromatic rings. The molecule has 0 amide bonds. The lowest BCUT2D eigenvalue weighted by Crippen LogP contribution is -2.40. The topological polar surface area (TPSA) is 103 Å². The summed E-state index contributed by atoms with van der Waals surface area (Å²) in [6.45, 7) is 1.72. The van der Waals surface area contributed by atoms with Gasteiger partial charge in [-0.05, 0) is 35.8 Å². The van der Waals surface area contributed by atoms with E-state index in [0.717, 1.165) is 5.56 Å². The maximum Gasteiger partial charge on any atom is 0.338 e. The van der Waals surface area contributed by atoms with Gasteiger partial charge in [-0.2, -0.15) is 5.26 Å². The van der Waals surface area contributed by atoms with E-state index in [0.29, 0.717) is 38.3 Å². The van der Waals surface area contributed by atoms with Gasteiger partial charge >= 0.3 is 5.97 Å². The molecule has 10 heteroatoms. The Hall–Kier alpha value is -3.87. The summed E-state index contributed by atoms with van der Waals surface area (Å²) in [5.74, 6) is 0.0575. The second-order valence-electron chi connectivity index (χ2n) is 7.68. The molecule has 0 saturated heterocycles. The van der Waals surface area contributed by atoms with Crippen LogP contribution in [0.5, 0.6) is 11.5 Å². The number of nitrogens with zero attached hydrogens (tertiary/aromatic N) is 3. The summed E-state index contributed by atoms with van der Waals surface area (Å²) in [4.78, 5) is 31.7. The number of benzene rings is 2. The first-order valence-electron chi connectivity index (χ1n) is 11.0. The fourth-order valence-electron chi connectivity index (χ4n) is 4.03. The Morgan fingerprint density at radius 2 is 2.03 bits per heavy atom. The molecule has 1 aromatic heterocycles. The molecule has 2 aromatic carbocycles. The van der Waals surface area contributed by atoms with E-state index in [2.05, 4.69) is 4.99 Å². The van der Waals surface area contributed by atoms with E-state index >= 15 is 0 Å². The third-order valence-corrected chi connectivity index (χ3v) is 6.86. The molecule has 36 heavy (non-hydrogen) atoms. The van der Waals surface area contributed by atoms with Gasteiger partial charge < -0.3 is 14.2 Å². The summed E-state index contributed by atoms with van der Waals surface area (Å²) in [5, 5.41) is 9.05. The van der Waals surface area contributed by atoms with Gasteiger partial charge in [0.15, 0.2) is 22.9 Å². The van der Waals surface area contributed by atoms with Crippen LogP contribution in [0, 0.1) is 11.3 Å². The van der Waals surface area contributed by atoms with Crippen LogP contribution in [0.1, 0.15) is 30.5 Å². The number of methoxy groups -OCH3 is 2. The monoisotopic (exact) mass is 523 g/mol. The third kappa shape index (κ3) is 4.65. The lowest BCUT2D eigenvalue weighted by atomic mass is 9.95. The predicted octanol–water partition coefficient (Wildman–Crippen LogP) is 3.36. The minimum absolute atomic E-state index is 0.185. The zero-order valence-electron chi connectivity index (χ0n) is 19.8. The first-order valence-corrected chi connectivity index (χ1v) is 12.2. The molecule has 0 unspecified atom stereocenters. The second-order valence-corrected chi connectivity index (χ2v) is 9.10. The SMILES string of the molecule is CCC1=C(C(=O)OC)[C@H](c2ccccc2)n2c(s/c(=C\c3cc(Cl)c(OCC#N)c(OC)c3)c2=O)=N1. The summed E-state index contributed by atoms with van der Waals surface area (Å²) in [5.41, 5.74) is 1.99. The molecule has 0 aliphatic carbocycles. The molecule has 1 atom stereocenters. The molecule has 0 saturated carbocycles. The van der Waals surface area contributed by atoms with Crippen LogP contribution < -0.4 is 24.4 Å². The maximum atomic E-state index is 13.7. The van der Waals surface area contributed by atoms with Crippen molar-refractivity contribution in [1.29, 1.82) is 5.26 Å². The van der Waals surface area contributed by atoms with Crippen molar-refractivity contribution in [3.63, 3.8) is 0 Å². The van der Waals surface area contributed by atoms with Gasteiger partial charge in [0.2, 0.25) is 0 Å². The minimum atomic E-state index is -0.674. The Kier molecular flexibility index (Phi) is 7.58. The molecule has 4 rings (SSSR count). The lowest BCUT2D eigenvalue weighted by Gasteiger charge is -2.25. The van der Waals surface area contributed by atoms with Gasteiger partial charge in [-0.1, -0.05) is 60.2 Å². The molecule has 2 heterocycles. The number of carbonyl (C=O) groups excluding carboxylic acids is 1. The minimum Gasteiger partial charge on any atom is -0.493 e. The molecule has 0 radical (unpaired) electrons. The molecule has 8 nitrogen and oxygen atoms in total. The molecule has 0 bridgehead atoms. The number of carbonyl (C=O) groups is 1. The summed E-state index contributed by atoms with van der Waals surface area (Å²) in [6.07, 6.45) is 2.18. The van der Waals surface area contributed by atoms with Gasteiger partial charge in [-0.25, -0.2) is 9.79 Å². The number of ether oxygens (including phenoxy) is 3. The first-order chi connectivity index (χ1) is 17.4. The van der Waals surface area contributed by atoms with Crippen molar-refractivity contribution in [3.8, 4) is 17.6 Å². The lowest BCUT2D eigenvalue weighted by molar-refractivity contribution is -0.136. The fourth-order valence-corrected chi connectivity index (χ4v) is 5.33. The molecule has 0 N–H and O–H groups in total. The standard InChI is InChI=1S/C26H22ClN3O5S/c1-4-18-21(25(32)34-3)22(16-8-6-5-7-9-16)30-24(31)20(36-26(30)29-18)14-15-12-17(27)23(35-11-10-28)19(13-15)33-2/h5-9,12-14,22H,4,11H2,1-3H3/b20-14-/t22-/m0/s1. The highest BCUT2D eigenvalue weighted by Crippen LogP contribution is 2.36. The quantitative estimate of drug-likeness (QED) is 0.440. The number of rotatable bonds is 7. The van der Waals surface area contributed by atoms with Crippen LogP contribution in [0.2, 0.25) is 5.02 Å². The van der Waals surface area contributed by atoms with Gasteiger partial charge in [0.25, 0.3) is 5.56 Å². The van der Waals surface area contributed by atoms with E-state index in [-0.39, 0.29) is 22.9 Å². The average Bonchev–Trinajstić information content (AvgIpc) is 3.20. The molecule has 1 aliphatic rings. The third-order valence-electron chi connectivity index (χ3n) is 5.60. The van der Waals surface area contributed by atoms with E-state index in [4.69, 9.17) is 31.1 Å². The van der Waals surface area contributed by atoms with Crippen LogP contribution in [0.4, 0.5) is 0 Å². The number of thiazole rings is 1. The van der Waals surface area contributed by atoms with Crippen molar-refractivity contribution in [3.05, 3.63) is 89.6 Å². The zero-order valence-corrected chi connectivity index (χ0v) is 21.4. The Morgan fingerprint density at radius 3 is 2.67 bits per heavy atom. The van der Waals surface area contributed by atoms with Crippen LogP contribution in [-0.4, -0.2) is 31.4 Å². The number of allylic oxidation sites excluding steroid dienone is 1. The number of halogens is 1. The van der Waals surface area contributed by atoms with Gasteiger partial charge in [-0.15, -0.1) is 0 Å². The Morgan fingerprint density at radius 1 is 1.28 bits per heavy atom. The molecule has 0 fully saturated rings. The predicted molar refractivity (Wildman–Crippen MR) is 136 cm³/mol.